The molecule has 1 atom stereocenters. The van der Waals surface area contributed by atoms with Gasteiger partial charge in [0.25, 0.3) is 5.91 Å². The lowest BCUT2D eigenvalue weighted by Crippen LogP contribution is -2.43. The van der Waals surface area contributed by atoms with Gasteiger partial charge in [-0.15, -0.1) is 0 Å². The summed E-state index contributed by atoms with van der Waals surface area (Å²) in [5.74, 6) is -0.0270. The van der Waals surface area contributed by atoms with Gasteiger partial charge < -0.3 is 14.7 Å². The molecule has 0 aliphatic carbocycles. The number of ketones is 1. The number of para-hydroxylation sites is 1. The Morgan fingerprint density at radius 1 is 1.24 bits per heavy atom. The summed E-state index contributed by atoms with van der Waals surface area (Å²) in [6.07, 6.45) is -0.245. The molecule has 0 bridgehead atoms. The Morgan fingerprint density at radius 3 is 2.64 bits per heavy atom. The third-order valence-corrected chi connectivity index (χ3v) is 4.62. The van der Waals surface area contributed by atoms with Crippen LogP contribution in [0.5, 0.6) is 5.75 Å². The van der Waals surface area contributed by atoms with E-state index in [0.717, 1.165) is 4.47 Å². The minimum atomic E-state index is -1.82. The van der Waals surface area contributed by atoms with E-state index in [4.69, 9.17) is 4.74 Å². The maximum absolute atomic E-state index is 12.8. The number of anilines is 1. The molecule has 25 heavy (non-hydrogen) atoms. The van der Waals surface area contributed by atoms with Crippen molar-refractivity contribution in [3.05, 3.63) is 58.6 Å². The van der Waals surface area contributed by atoms with Crippen LogP contribution in [-0.4, -0.2) is 29.9 Å². The van der Waals surface area contributed by atoms with Gasteiger partial charge in [-0.2, -0.15) is 0 Å². The molecule has 1 amide bonds. The number of amides is 1. The summed E-state index contributed by atoms with van der Waals surface area (Å²) in [7, 11) is 0. The molecule has 1 N–H and O–H groups in total. The molecule has 1 heterocycles. The number of benzene rings is 2. The quantitative estimate of drug-likeness (QED) is 0.804. The first-order valence-electron chi connectivity index (χ1n) is 7.93. The SMILES string of the molecule is CC(=O)C[C@]1(O)C(=O)N(CCOc2ccccc2)c2ccc(Br)cc21. The van der Waals surface area contributed by atoms with Crippen LogP contribution in [0, 0.1) is 0 Å². The van der Waals surface area contributed by atoms with E-state index in [9.17, 15) is 14.7 Å². The lowest BCUT2D eigenvalue weighted by atomic mass is 9.90. The Kier molecular flexibility index (Phi) is 4.92. The average Bonchev–Trinajstić information content (AvgIpc) is 2.77. The molecule has 2 aromatic carbocycles. The van der Waals surface area contributed by atoms with Crippen molar-refractivity contribution in [2.45, 2.75) is 18.9 Å². The van der Waals surface area contributed by atoms with Crippen LogP contribution < -0.4 is 9.64 Å². The van der Waals surface area contributed by atoms with Crippen molar-refractivity contribution in [3.8, 4) is 5.75 Å². The normalized spacial score (nSPS) is 19.0. The summed E-state index contributed by atoms with van der Waals surface area (Å²) in [4.78, 5) is 25.9. The maximum atomic E-state index is 12.8. The van der Waals surface area contributed by atoms with Gasteiger partial charge in [-0.25, -0.2) is 0 Å². The number of nitrogens with zero attached hydrogens (tertiary/aromatic N) is 1. The van der Waals surface area contributed by atoms with Crippen LogP contribution in [0.4, 0.5) is 5.69 Å². The van der Waals surface area contributed by atoms with Crippen molar-refractivity contribution >= 4 is 33.3 Å². The summed E-state index contributed by atoms with van der Waals surface area (Å²) in [5, 5.41) is 10.9. The van der Waals surface area contributed by atoms with Gasteiger partial charge in [0, 0.05) is 16.5 Å². The van der Waals surface area contributed by atoms with E-state index in [1.165, 1.54) is 11.8 Å². The van der Waals surface area contributed by atoms with Crippen LogP contribution >= 0.6 is 15.9 Å². The van der Waals surface area contributed by atoms with Crippen LogP contribution in [-0.2, 0) is 15.2 Å². The number of carbonyl (C=O) groups excluding carboxylic acids is 2. The molecule has 0 radical (unpaired) electrons. The van der Waals surface area contributed by atoms with Crippen molar-refractivity contribution in [2.75, 3.05) is 18.1 Å². The number of rotatable bonds is 6. The zero-order valence-electron chi connectivity index (χ0n) is 13.7. The van der Waals surface area contributed by atoms with Crippen LogP contribution in [0.2, 0.25) is 0 Å². The second kappa shape index (κ2) is 6.98. The minimum Gasteiger partial charge on any atom is -0.492 e. The molecule has 1 aliphatic rings. The molecule has 0 unspecified atom stereocenters. The minimum absolute atomic E-state index is 0.245. The Balaban J connectivity index is 1.83. The summed E-state index contributed by atoms with van der Waals surface area (Å²) in [5.41, 5.74) is -0.770. The van der Waals surface area contributed by atoms with Gasteiger partial charge in [-0.1, -0.05) is 34.1 Å². The molecular formula is C19H18BrNO4. The molecule has 6 heteroatoms. The predicted octanol–water partition coefficient (Wildman–Crippen LogP) is 3.04. The van der Waals surface area contributed by atoms with E-state index in [2.05, 4.69) is 15.9 Å². The fourth-order valence-corrected chi connectivity index (χ4v) is 3.41. The van der Waals surface area contributed by atoms with E-state index in [1.54, 1.807) is 18.2 Å². The number of aliphatic hydroxyl groups is 1. The number of hydrogen-bond acceptors (Lipinski definition) is 4. The van der Waals surface area contributed by atoms with Crippen molar-refractivity contribution in [3.63, 3.8) is 0 Å². The fraction of sp³-hybridized carbons (Fsp3) is 0.263. The number of fused-ring (bicyclic) bond motifs is 1. The highest BCUT2D eigenvalue weighted by Crippen LogP contribution is 2.43. The van der Waals surface area contributed by atoms with E-state index >= 15 is 0 Å². The molecule has 3 rings (SSSR count). The number of Topliss-reactive ketones (excluding diaryl/α,β-unsaturated/α-hetero) is 1. The van der Waals surface area contributed by atoms with E-state index in [0.29, 0.717) is 17.0 Å². The Labute approximate surface area is 154 Å². The molecule has 0 fully saturated rings. The molecule has 0 saturated carbocycles. The standard InChI is InChI=1S/C19H18BrNO4/c1-13(22)12-19(24)16-11-14(20)7-8-17(16)21(18(19)23)9-10-25-15-5-3-2-4-6-15/h2-8,11,24H,9-10,12H2,1H3/t19-/m1/s1. The fourth-order valence-electron chi connectivity index (χ4n) is 3.05. The molecule has 5 nitrogen and oxygen atoms in total. The second-order valence-corrected chi connectivity index (χ2v) is 6.93. The molecule has 0 saturated heterocycles. The Hall–Kier alpha value is -2.18. The maximum Gasteiger partial charge on any atom is 0.264 e. The highest BCUT2D eigenvalue weighted by atomic mass is 79.9. The van der Waals surface area contributed by atoms with Gasteiger partial charge in [0.2, 0.25) is 0 Å². The lowest BCUT2D eigenvalue weighted by Gasteiger charge is -2.22. The Morgan fingerprint density at radius 2 is 1.96 bits per heavy atom. The first-order valence-corrected chi connectivity index (χ1v) is 8.73. The highest BCUT2D eigenvalue weighted by Gasteiger charge is 2.50. The van der Waals surface area contributed by atoms with Gasteiger partial charge >= 0.3 is 0 Å². The predicted molar refractivity (Wildman–Crippen MR) is 97.6 cm³/mol. The molecule has 130 valence electrons. The number of carbonyl (C=O) groups is 2. The Bertz CT molecular complexity index is 808. The van der Waals surface area contributed by atoms with Gasteiger partial charge in [-0.3, -0.25) is 9.59 Å². The summed E-state index contributed by atoms with van der Waals surface area (Å²) in [6.45, 7) is 1.92. The first kappa shape index (κ1) is 17.6. The third kappa shape index (κ3) is 3.45. The van der Waals surface area contributed by atoms with E-state index in [1.807, 2.05) is 30.3 Å². The summed E-state index contributed by atoms with van der Waals surface area (Å²) < 4.78 is 6.39. The van der Waals surface area contributed by atoms with E-state index in [-0.39, 0.29) is 25.4 Å². The van der Waals surface area contributed by atoms with Gasteiger partial charge in [0.05, 0.1) is 12.2 Å². The molecule has 0 spiro atoms. The smallest absolute Gasteiger partial charge is 0.264 e. The molecule has 1 aliphatic heterocycles. The number of ether oxygens (including phenoxy) is 1. The number of hydrogen-bond donors (Lipinski definition) is 1. The zero-order chi connectivity index (χ0) is 18.0. The third-order valence-electron chi connectivity index (χ3n) is 4.13. The van der Waals surface area contributed by atoms with Crippen molar-refractivity contribution in [2.24, 2.45) is 0 Å². The van der Waals surface area contributed by atoms with Crippen molar-refractivity contribution in [1.82, 2.24) is 0 Å². The van der Waals surface area contributed by atoms with Crippen LogP contribution in [0.15, 0.2) is 53.0 Å². The summed E-state index contributed by atoms with van der Waals surface area (Å²) in [6, 6.07) is 14.6. The largest absolute Gasteiger partial charge is 0.492 e. The number of halogens is 1. The van der Waals surface area contributed by atoms with Crippen molar-refractivity contribution in [1.29, 1.82) is 0 Å². The lowest BCUT2D eigenvalue weighted by molar-refractivity contribution is -0.141. The van der Waals surface area contributed by atoms with Gasteiger partial charge in [0.1, 0.15) is 18.1 Å². The van der Waals surface area contributed by atoms with Crippen molar-refractivity contribution < 1.29 is 19.4 Å². The van der Waals surface area contributed by atoms with Crippen LogP contribution in [0.3, 0.4) is 0 Å². The first-order chi connectivity index (χ1) is 11.9. The monoisotopic (exact) mass is 403 g/mol. The van der Waals surface area contributed by atoms with Gasteiger partial charge in [0.15, 0.2) is 5.60 Å². The topological polar surface area (TPSA) is 66.8 Å². The van der Waals surface area contributed by atoms with Crippen LogP contribution in [0.25, 0.3) is 0 Å². The average molecular weight is 404 g/mol. The van der Waals surface area contributed by atoms with Crippen LogP contribution in [0.1, 0.15) is 18.9 Å². The zero-order valence-corrected chi connectivity index (χ0v) is 15.3. The molecular weight excluding hydrogens is 386 g/mol. The molecule has 0 aromatic heterocycles. The van der Waals surface area contributed by atoms with E-state index < -0.39 is 11.5 Å². The second-order valence-electron chi connectivity index (χ2n) is 6.02. The molecule has 2 aromatic rings. The van der Waals surface area contributed by atoms with Gasteiger partial charge in [-0.05, 0) is 37.3 Å². The highest BCUT2D eigenvalue weighted by molar-refractivity contribution is 9.10. The summed E-state index contributed by atoms with van der Waals surface area (Å²) >= 11 is 3.36.